The van der Waals surface area contributed by atoms with E-state index in [1.165, 1.54) is 5.69 Å². The van der Waals surface area contributed by atoms with Crippen LogP contribution >= 0.6 is 11.6 Å². The third-order valence-corrected chi connectivity index (χ3v) is 2.21. The van der Waals surface area contributed by atoms with E-state index in [0.717, 1.165) is 18.7 Å². The molecule has 1 heterocycles. The molecule has 74 valence electrons. The van der Waals surface area contributed by atoms with Crippen molar-refractivity contribution in [2.75, 3.05) is 0 Å². The molecular formula is C9H16ClN3. The largest absolute Gasteiger partial charge is 0.249 e. The molecule has 0 unspecified atom stereocenters. The monoisotopic (exact) mass is 201 g/mol. The molecule has 0 saturated carbocycles. The summed E-state index contributed by atoms with van der Waals surface area (Å²) >= 11 is 5.77. The summed E-state index contributed by atoms with van der Waals surface area (Å²) in [6.45, 7) is 7.34. The first kappa shape index (κ1) is 10.5. The van der Waals surface area contributed by atoms with Crippen molar-refractivity contribution in [2.24, 2.45) is 0 Å². The van der Waals surface area contributed by atoms with Gasteiger partial charge in [0.1, 0.15) is 5.69 Å². The number of alkyl halides is 1. The summed E-state index contributed by atoms with van der Waals surface area (Å²) in [6.07, 6.45) is 1.07. The molecule has 0 aliphatic rings. The van der Waals surface area contributed by atoms with E-state index in [1.807, 2.05) is 4.68 Å². The van der Waals surface area contributed by atoms with Gasteiger partial charge >= 0.3 is 0 Å². The summed E-state index contributed by atoms with van der Waals surface area (Å²) in [5, 5.41) is 8.14. The van der Waals surface area contributed by atoms with Gasteiger partial charge in [0.2, 0.25) is 0 Å². The maximum Gasteiger partial charge on any atom is 0.101 e. The second kappa shape index (κ2) is 4.61. The molecule has 4 heteroatoms. The lowest BCUT2D eigenvalue weighted by atomic mass is 10.1. The zero-order chi connectivity index (χ0) is 9.84. The van der Waals surface area contributed by atoms with Crippen molar-refractivity contribution in [3.8, 4) is 0 Å². The van der Waals surface area contributed by atoms with Gasteiger partial charge in [-0.3, -0.25) is 0 Å². The topological polar surface area (TPSA) is 30.7 Å². The molecule has 0 aliphatic heterocycles. The summed E-state index contributed by atoms with van der Waals surface area (Å²) in [7, 11) is 0. The van der Waals surface area contributed by atoms with Gasteiger partial charge in [-0.1, -0.05) is 26.0 Å². The SMILES string of the molecule is CCCn1nnc(CCl)c1C(C)C. The van der Waals surface area contributed by atoms with Crippen molar-refractivity contribution in [3.05, 3.63) is 11.4 Å². The van der Waals surface area contributed by atoms with Gasteiger partial charge in [0.05, 0.1) is 11.6 Å². The maximum atomic E-state index is 5.77. The fourth-order valence-corrected chi connectivity index (χ4v) is 1.65. The number of halogens is 1. The molecule has 0 radical (unpaired) electrons. The molecular weight excluding hydrogens is 186 g/mol. The number of hydrogen-bond acceptors (Lipinski definition) is 2. The zero-order valence-corrected chi connectivity index (χ0v) is 9.17. The first-order valence-electron chi connectivity index (χ1n) is 4.68. The lowest BCUT2D eigenvalue weighted by Crippen LogP contribution is -2.06. The highest BCUT2D eigenvalue weighted by molar-refractivity contribution is 6.16. The Hall–Kier alpha value is -0.570. The van der Waals surface area contributed by atoms with E-state index in [9.17, 15) is 0 Å². The van der Waals surface area contributed by atoms with Crippen LogP contribution in [0.4, 0.5) is 0 Å². The van der Waals surface area contributed by atoms with E-state index in [1.54, 1.807) is 0 Å². The molecule has 1 rings (SSSR count). The van der Waals surface area contributed by atoms with Crippen LogP contribution in [0, 0.1) is 0 Å². The Bertz CT molecular complexity index is 268. The van der Waals surface area contributed by atoms with Crippen molar-refractivity contribution in [2.45, 2.75) is 45.5 Å². The summed E-state index contributed by atoms with van der Waals surface area (Å²) in [4.78, 5) is 0. The van der Waals surface area contributed by atoms with Crippen LogP contribution in [0.2, 0.25) is 0 Å². The van der Waals surface area contributed by atoms with Crippen molar-refractivity contribution >= 4 is 11.6 Å². The molecule has 0 spiro atoms. The highest BCUT2D eigenvalue weighted by Crippen LogP contribution is 2.18. The van der Waals surface area contributed by atoms with Gasteiger partial charge in [0.15, 0.2) is 0 Å². The second-order valence-corrected chi connectivity index (χ2v) is 3.70. The summed E-state index contributed by atoms with van der Waals surface area (Å²) in [5.41, 5.74) is 2.10. The average molecular weight is 202 g/mol. The minimum absolute atomic E-state index is 0.440. The Morgan fingerprint density at radius 2 is 2.15 bits per heavy atom. The zero-order valence-electron chi connectivity index (χ0n) is 8.42. The predicted molar refractivity (Wildman–Crippen MR) is 54.0 cm³/mol. The molecule has 1 aromatic rings. The number of aromatic nitrogens is 3. The van der Waals surface area contributed by atoms with Gasteiger partial charge in [0.25, 0.3) is 0 Å². The minimum atomic E-state index is 0.440. The van der Waals surface area contributed by atoms with Gasteiger partial charge in [-0.25, -0.2) is 4.68 Å². The van der Waals surface area contributed by atoms with Crippen molar-refractivity contribution < 1.29 is 0 Å². The van der Waals surface area contributed by atoms with E-state index in [2.05, 4.69) is 31.1 Å². The molecule has 0 aromatic carbocycles. The van der Waals surface area contributed by atoms with E-state index < -0.39 is 0 Å². The average Bonchev–Trinajstić information content (AvgIpc) is 2.48. The summed E-state index contributed by atoms with van der Waals surface area (Å²) < 4.78 is 1.96. The Morgan fingerprint density at radius 3 is 2.62 bits per heavy atom. The minimum Gasteiger partial charge on any atom is -0.249 e. The number of rotatable bonds is 4. The normalized spacial score (nSPS) is 11.2. The van der Waals surface area contributed by atoms with Gasteiger partial charge < -0.3 is 0 Å². The first-order valence-corrected chi connectivity index (χ1v) is 5.22. The predicted octanol–water partition coefficient (Wildman–Crippen LogP) is 2.55. The first-order chi connectivity index (χ1) is 6.20. The van der Waals surface area contributed by atoms with Gasteiger partial charge in [-0.15, -0.1) is 16.7 Å². The maximum absolute atomic E-state index is 5.77. The Labute approximate surface area is 84.1 Å². The quantitative estimate of drug-likeness (QED) is 0.701. The van der Waals surface area contributed by atoms with Crippen molar-refractivity contribution in [1.29, 1.82) is 0 Å². The van der Waals surface area contributed by atoms with E-state index in [-0.39, 0.29) is 0 Å². The lowest BCUT2D eigenvalue weighted by Gasteiger charge is -2.08. The van der Waals surface area contributed by atoms with E-state index >= 15 is 0 Å². The van der Waals surface area contributed by atoms with Crippen LogP contribution in [0.5, 0.6) is 0 Å². The molecule has 0 saturated heterocycles. The van der Waals surface area contributed by atoms with Crippen molar-refractivity contribution in [3.63, 3.8) is 0 Å². The fraction of sp³-hybridized carbons (Fsp3) is 0.778. The third kappa shape index (κ3) is 2.21. The summed E-state index contributed by atoms with van der Waals surface area (Å²) in [6, 6.07) is 0. The smallest absolute Gasteiger partial charge is 0.101 e. The summed E-state index contributed by atoms with van der Waals surface area (Å²) in [5.74, 6) is 0.896. The molecule has 0 atom stereocenters. The standard InChI is InChI=1S/C9H16ClN3/c1-4-5-13-9(7(2)3)8(6-10)11-12-13/h7H,4-6H2,1-3H3. The highest BCUT2D eigenvalue weighted by Gasteiger charge is 2.14. The Morgan fingerprint density at radius 1 is 1.46 bits per heavy atom. The number of nitrogens with zero attached hydrogens (tertiary/aromatic N) is 3. The van der Waals surface area contributed by atoms with Crippen LogP contribution in [-0.4, -0.2) is 15.0 Å². The fourth-order valence-electron chi connectivity index (χ4n) is 1.46. The molecule has 0 N–H and O–H groups in total. The van der Waals surface area contributed by atoms with E-state index in [0.29, 0.717) is 11.8 Å². The number of hydrogen-bond donors (Lipinski definition) is 0. The molecule has 3 nitrogen and oxygen atoms in total. The van der Waals surface area contributed by atoms with Crippen LogP contribution in [0.3, 0.4) is 0 Å². The molecule has 0 aliphatic carbocycles. The molecule has 0 fully saturated rings. The molecule has 0 amide bonds. The van der Waals surface area contributed by atoms with Crippen LogP contribution in [0.1, 0.15) is 44.5 Å². The van der Waals surface area contributed by atoms with Gasteiger partial charge in [-0.2, -0.15) is 0 Å². The Balaban J connectivity index is 2.99. The molecule has 13 heavy (non-hydrogen) atoms. The Kier molecular flexibility index (Phi) is 3.72. The molecule has 1 aromatic heterocycles. The van der Waals surface area contributed by atoms with Crippen LogP contribution in [0.15, 0.2) is 0 Å². The molecule has 0 bridgehead atoms. The third-order valence-electron chi connectivity index (χ3n) is 1.96. The van der Waals surface area contributed by atoms with E-state index in [4.69, 9.17) is 11.6 Å². The van der Waals surface area contributed by atoms with Crippen molar-refractivity contribution in [1.82, 2.24) is 15.0 Å². The highest BCUT2D eigenvalue weighted by atomic mass is 35.5. The van der Waals surface area contributed by atoms with Crippen LogP contribution in [0.25, 0.3) is 0 Å². The second-order valence-electron chi connectivity index (χ2n) is 3.43. The van der Waals surface area contributed by atoms with Gasteiger partial charge in [0, 0.05) is 6.54 Å². The van der Waals surface area contributed by atoms with Gasteiger partial charge in [-0.05, 0) is 12.3 Å². The van der Waals surface area contributed by atoms with Crippen LogP contribution < -0.4 is 0 Å². The number of aryl methyl sites for hydroxylation is 1. The van der Waals surface area contributed by atoms with Crippen LogP contribution in [-0.2, 0) is 12.4 Å². The lowest BCUT2D eigenvalue weighted by molar-refractivity contribution is 0.541.